The molecule has 2 amide bonds. The molecule has 5 rings (SSSR count). The van der Waals surface area contributed by atoms with Crippen molar-refractivity contribution in [1.82, 2.24) is 14.9 Å². The summed E-state index contributed by atoms with van der Waals surface area (Å²) in [6.45, 7) is -0.411. The minimum atomic E-state index is -6.26. The van der Waals surface area contributed by atoms with E-state index in [9.17, 15) is 36.3 Å². The normalized spacial score (nSPS) is 15.2. The molecule has 2 aromatic carbocycles. The van der Waals surface area contributed by atoms with Crippen LogP contribution in [0.5, 0.6) is 23.0 Å². The molecule has 0 fully saturated rings. The van der Waals surface area contributed by atoms with E-state index < -0.39 is 61.1 Å². The van der Waals surface area contributed by atoms with Crippen molar-refractivity contribution < 1.29 is 49.9 Å². The fraction of sp³-hybridized carbons (Fsp3) is 0.158. The summed E-state index contributed by atoms with van der Waals surface area (Å²) in [5.41, 5.74) is -8.29. The summed E-state index contributed by atoms with van der Waals surface area (Å²) in [7, 11) is -6.26. The number of amides is 2. The lowest BCUT2D eigenvalue weighted by molar-refractivity contribution is -0.0500. The van der Waals surface area contributed by atoms with Gasteiger partial charge in [0.25, 0.3) is 11.8 Å². The predicted molar refractivity (Wildman–Crippen MR) is 104 cm³/mol. The Morgan fingerprint density at radius 1 is 1.03 bits per heavy atom. The first-order valence-electron chi connectivity index (χ1n) is 9.24. The van der Waals surface area contributed by atoms with Gasteiger partial charge in [-0.15, -0.1) is 0 Å². The van der Waals surface area contributed by atoms with Crippen molar-refractivity contribution in [1.29, 1.82) is 0 Å². The van der Waals surface area contributed by atoms with Gasteiger partial charge in [-0.3, -0.25) is 14.5 Å². The number of hydrogen-bond acceptors (Lipinski definition) is 10. The van der Waals surface area contributed by atoms with E-state index in [1.807, 2.05) is 0 Å². The lowest BCUT2D eigenvalue weighted by atomic mass is 10.1. The van der Waals surface area contributed by atoms with Gasteiger partial charge in [0.05, 0.1) is 6.54 Å². The molecule has 0 aliphatic carbocycles. The molecule has 3 aromatic rings. The van der Waals surface area contributed by atoms with E-state index in [1.54, 1.807) is 0 Å². The van der Waals surface area contributed by atoms with Gasteiger partial charge in [-0.05, 0) is 17.7 Å². The van der Waals surface area contributed by atoms with Crippen LogP contribution in [0.3, 0.4) is 0 Å². The fourth-order valence-corrected chi connectivity index (χ4v) is 4.00. The first-order valence-corrected chi connectivity index (χ1v) is 10.7. The summed E-state index contributed by atoms with van der Waals surface area (Å²) >= 11 is 0. The van der Waals surface area contributed by atoms with Crippen LogP contribution < -0.4 is 13.7 Å². The number of aromatic hydroxyl groups is 1. The third kappa shape index (κ3) is 3.15. The molecule has 3 heterocycles. The summed E-state index contributed by atoms with van der Waals surface area (Å²) in [5.74, 6) is -3.55. The quantitative estimate of drug-likeness (QED) is 0.323. The maximum atomic E-state index is 13.1. The van der Waals surface area contributed by atoms with Gasteiger partial charge in [0, 0.05) is 12.4 Å². The molecular formula is C19H10F3N3O8S. The van der Waals surface area contributed by atoms with Crippen molar-refractivity contribution in [2.75, 3.05) is 6.79 Å². The van der Waals surface area contributed by atoms with Crippen molar-refractivity contribution in [3.8, 4) is 23.0 Å². The van der Waals surface area contributed by atoms with Gasteiger partial charge in [-0.1, -0.05) is 6.07 Å². The van der Waals surface area contributed by atoms with Gasteiger partial charge in [0.15, 0.2) is 23.0 Å². The van der Waals surface area contributed by atoms with Gasteiger partial charge in [-0.2, -0.15) is 21.6 Å². The molecule has 2 aliphatic heterocycles. The van der Waals surface area contributed by atoms with E-state index in [1.165, 1.54) is 18.2 Å². The van der Waals surface area contributed by atoms with Crippen LogP contribution in [0.4, 0.5) is 13.2 Å². The smallest absolute Gasteiger partial charge is 0.505 e. The average molecular weight is 497 g/mol. The summed E-state index contributed by atoms with van der Waals surface area (Å²) < 4.78 is 77.2. The zero-order valence-corrected chi connectivity index (χ0v) is 17.3. The maximum absolute atomic E-state index is 13.1. The molecule has 15 heteroatoms. The summed E-state index contributed by atoms with van der Waals surface area (Å²) in [5, 5.41) is 10.6. The Morgan fingerprint density at radius 3 is 2.38 bits per heavy atom. The summed E-state index contributed by atoms with van der Waals surface area (Å²) in [6, 6.07) is 4.53. The van der Waals surface area contributed by atoms with Crippen LogP contribution in [0.1, 0.15) is 26.3 Å². The summed E-state index contributed by atoms with van der Waals surface area (Å²) in [6.07, 6.45) is 2.02. The number of carbonyl (C=O) groups is 2. The number of benzene rings is 2. The Hall–Kier alpha value is -4.14. The zero-order valence-electron chi connectivity index (χ0n) is 16.5. The number of phenolic OH excluding ortho intramolecular Hbond substituents is 1. The fourth-order valence-electron chi connectivity index (χ4n) is 3.52. The molecule has 0 atom stereocenters. The number of imide groups is 1. The minimum absolute atomic E-state index is 0.0271. The van der Waals surface area contributed by atoms with Crippen LogP contribution in [0.2, 0.25) is 0 Å². The molecule has 0 unspecified atom stereocenters. The molecule has 2 aliphatic rings. The van der Waals surface area contributed by atoms with Gasteiger partial charge < -0.3 is 18.8 Å². The molecule has 176 valence electrons. The van der Waals surface area contributed by atoms with E-state index in [2.05, 4.69) is 14.2 Å². The van der Waals surface area contributed by atoms with Gasteiger partial charge in [0.1, 0.15) is 22.2 Å². The molecule has 0 spiro atoms. The molecule has 0 saturated carbocycles. The van der Waals surface area contributed by atoms with Gasteiger partial charge in [0.2, 0.25) is 6.79 Å². The molecule has 1 aromatic heterocycles. The predicted octanol–water partition coefficient (Wildman–Crippen LogP) is 2.09. The first-order chi connectivity index (χ1) is 16.0. The Labute approximate surface area is 187 Å². The monoisotopic (exact) mass is 497 g/mol. The van der Waals surface area contributed by atoms with Crippen LogP contribution >= 0.6 is 0 Å². The van der Waals surface area contributed by atoms with Crippen molar-refractivity contribution in [3.63, 3.8) is 0 Å². The number of halogens is 3. The number of phenols is 1. The van der Waals surface area contributed by atoms with Crippen molar-refractivity contribution in [3.05, 3.63) is 47.3 Å². The van der Waals surface area contributed by atoms with Crippen LogP contribution in [0, 0.1) is 0 Å². The standard InChI is InChI=1S/C19H10F3N3O8S/c20-19(21,22)34(29,30)33-16-12-11(15(26)13-14(16)24-4-3-23-13)17(27)25(18(12)28)6-8-1-2-9-10(5-8)32-7-31-9/h1-5,26H,6-7H2. The molecule has 0 bridgehead atoms. The minimum Gasteiger partial charge on any atom is -0.505 e. The Bertz CT molecular complexity index is 1510. The third-order valence-electron chi connectivity index (χ3n) is 5.02. The van der Waals surface area contributed by atoms with Crippen molar-refractivity contribution >= 4 is 33.0 Å². The van der Waals surface area contributed by atoms with Crippen LogP contribution in [0.15, 0.2) is 30.6 Å². The largest absolute Gasteiger partial charge is 0.534 e. The Morgan fingerprint density at radius 2 is 1.68 bits per heavy atom. The topological polar surface area (TPSA) is 145 Å². The number of nitrogens with zero attached hydrogens (tertiary/aromatic N) is 3. The molecule has 11 nitrogen and oxygen atoms in total. The highest BCUT2D eigenvalue weighted by molar-refractivity contribution is 7.88. The van der Waals surface area contributed by atoms with E-state index >= 15 is 0 Å². The number of hydrogen-bond donors (Lipinski definition) is 1. The molecule has 34 heavy (non-hydrogen) atoms. The van der Waals surface area contributed by atoms with E-state index in [4.69, 9.17) is 9.47 Å². The Balaban J connectivity index is 1.65. The number of alkyl halides is 3. The summed E-state index contributed by atoms with van der Waals surface area (Å²) in [4.78, 5) is 34.2. The lowest BCUT2D eigenvalue weighted by Crippen LogP contribution is -2.30. The highest BCUT2D eigenvalue weighted by Crippen LogP contribution is 2.45. The molecule has 1 N–H and O–H groups in total. The maximum Gasteiger partial charge on any atom is 0.534 e. The van der Waals surface area contributed by atoms with Crippen molar-refractivity contribution in [2.24, 2.45) is 0 Å². The second-order valence-corrected chi connectivity index (χ2v) is 8.59. The third-order valence-corrected chi connectivity index (χ3v) is 5.98. The first kappa shape index (κ1) is 21.7. The van der Waals surface area contributed by atoms with E-state index in [0.717, 1.165) is 12.4 Å². The zero-order chi connectivity index (χ0) is 24.4. The highest BCUT2D eigenvalue weighted by Gasteiger charge is 2.51. The van der Waals surface area contributed by atoms with Gasteiger partial charge in [-0.25, -0.2) is 9.97 Å². The number of ether oxygens (including phenoxy) is 2. The molecular weight excluding hydrogens is 487 g/mol. The van der Waals surface area contributed by atoms with E-state index in [-0.39, 0.29) is 13.3 Å². The van der Waals surface area contributed by atoms with Crippen LogP contribution in [0.25, 0.3) is 11.0 Å². The van der Waals surface area contributed by atoms with Crippen LogP contribution in [-0.2, 0) is 16.7 Å². The lowest BCUT2D eigenvalue weighted by Gasteiger charge is -2.15. The number of carbonyl (C=O) groups excluding carboxylic acids is 2. The molecule has 0 saturated heterocycles. The van der Waals surface area contributed by atoms with Crippen LogP contribution in [-0.4, -0.2) is 52.5 Å². The highest BCUT2D eigenvalue weighted by atomic mass is 32.2. The average Bonchev–Trinajstić information content (AvgIpc) is 3.34. The second kappa shape index (κ2) is 7.18. The Kier molecular flexibility index (Phi) is 4.58. The van der Waals surface area contributed by atoms with Crippen molar-refractivity contribution in [2.45, 2.75) is 12.1 Å². The molecule has 0 radical (unpaired) electrons. The number of aromatic nitrogens is 2. The number of rotatable bonds is 4. The second-order valence-electron chi connectivity index (χ2n) is 7.05. The van der Waals surface area contributed by atoms with E-state index in [0.29, 0.717) is 22.0 Å². The number of fused-ring (bicyclic) bond motifs is 3. The SMILES string of the molecule is O=C1c2c(c(OS(=O)(=O)C(F)(F)F)c3nccnc3c2O)C(=O)N1Cc1ccc2c(c1)OCO2. The van der Waals surface area contributed by atoms with Gasteiger partial charge >= 0.3 is 15.6 Å².